The van der Waals surface area contributed by atoms with E-state index in [4.69, 9.17) is 21.4 Å². The van der Waals surface area contributed by atoms with Crippen LogP contribution in [0.1, 0.15) is 10.5 Å². The monoisotopic (exact) mass is 282 g/mol. The number of hydrogen-bond donors (Lipinski definition) is 1. The number of halogens is 2. The molecule has 0 saturated heterocycles. The van der Waals surface area contributed by atoms with Gasteiger partial charge in [-0.15, -0.1) is 0 Å². The van der Waals surface area contributed by atoms with Gasteiger partial charge in [-0.3, -0.25) is 0 Å². The molecule has 0 unspecified atom stereocenters. The lowest BCUT2D eigenvalue weighted by Gasteiger charge is -2.08. The molecule has 0 aliphatic heterocycles. The molecule has 1 N–H and O–H groups in total. The zero-order chi connectivity index (χ0) is 14.0. The van der Waals surface area contributed by atoms with Crippen LogP contribution in [0.2, 0.25) is 5.02 Å². The third-order valence-corrected chi connectivity index (χ3v) is 2.67. The number of aromatic nitrogens is 2. The molecular weight excluding hydrogens is 275 g/mol. The Hall–Kier alpha value is -2.21. The van der Waals surface area contributed by atoms with Crippen LogP contribution >= 0.6 is 11.6 Å². The van der Waals surface area contributed by atoms with E-state index >= 15 is 0 Å². The lowest BCUT2D eigenvalue weighted by atomic mass is 10.2. The first-order chi connectivity index (χ1) is 9.04. The average Bonchev–Trinajstić information content (AvgIpc) is 2.39. The van der Waals surface area contributed by atoms with Crippen molar-refractivity contribution in [3.63, 3.8) is 0 Å². The summed E-state index contributed by atoms with van der Waals surface area (Å²) >= 11 is 5.77. The molecule has 7 heteroatoms. The molecule has 0 aliphatic carbocycles. The van der Waals surface area contributed by atoms with Gasteiger partial charge in [0.05, 0.1) is 17.7 Å². The molecule has 0 aliphatic rings. The molecule has 0 bridgehead atoms. The molecule has 0 saturated carbocycles. The first-order valence-electron chi connectivity index (χ1n) is 5.13. The van der Waals surface area contributed by atoms with Gasteiger partial charge in [0, 0.05) is 6.20 Å². The Morgan fingerprint density at radius 3 is 2.79 bits per heavy atom. The molecule has 0 fully saturated rings. The van der Waals surface area contributed by atoms with Crippen LogP contribution in [0.4, 0.5) is 4.39 Å². The van der Waals surface area contributed by atoms with E-state index in [-0.39, 0.29) is 27.9 Å². The van der Waals surface area contributed by atoms with E-state index in [0.29, 0.717) is 0 Å². The van der Waals surface area contributed by atoms with Gasteiger partial charge in [0.2, 0.25) is 0 Å². The second kappa shape index (κ2) is 5.19. The van der Waals surface area contributed by atoms with Gasteiger partial charge in [-0.25, -0.2) is 19.2 Å². The maximum Gasteiger partial charge on any atom is 0.354 e. The first-order valence-corrected chi connectivity index (χ1v) is 5.51. The Kier molecular flexibility index (Phi) is 3.62. The van der Waals surface area contributed by atoms with E-state index in [9.17, 15) is 9.18 Å². The highest BCUT2D eigenvalue weighted by Gasteiger charge is 2.17. The highest BCUT2D eigenvalue weighted by atomic mass is 35.5. The number of rotatable bonds is 3. The normalized spacial score (nSPS) is 10.3. The number of carboxylic acids is 1. The zero-order valence-electron chi connectivity index (χ0n) is 9.72. The van der Waals surface area contributed by atoms with Gasteiger partial charge in [0.1, 0.15) is 0 Å². The van der Waals surface area contributed by atoms with Crippen LogP contribution in [0.3, 0.4) is 0 Å². The number of carbonyl (C=O) groups is 1. The number of ether oxygens (including phenoxy) is 1. The molecule has 2 aromatic rings. The van der Waals surface area contributed by atoms with Gasteiger partial charge in [-0.2, -0.15) is 0 Å². The Balaban J connectivity index is 2.59. The molecule has 1 aromatic heterocycles. The molecule has 0 spiro atoms. The van der Waals surface area contributed by atoms with Crippen molar-refractivity contribution >= 4 is 17.6 Å². The Labute approximate surface area is 112 Å². The van der Waals surface area contributed by atoms with E-state index in [2.05, 4.69) is 9.97 Å². The maximum absolute atomic E-state index is 14.1. The van der Waals surface area contributed by atoms with Gasteiger partial charge >= 0.3 is 5.97 Å². The van der Waals surface area contributed by atoms with Crippen LogP contribution in [-0.2, 0) is 0 Å². The summed E-state index contributed by atoms with van der Waals surface area (Å²) in [5, 5.41) is 8.95. The molecule has 0 amide bonds. The summed E-state index contributed by atoms with van der Waals surface area (Å²) in [6.07, 6.45) is 1.24. The quantitative estimate of drug-likeness (QED) is 0.937. The van der Waals surface area contributed by atoms with Gasteiger partial charge in [0.25, 0.3) is 0 Å². The molecule has 5 nitrogen and oxygen atoms in total. The summed E-state index contributed by atoms with van der Waals surface area (Å²) in [4.78, 5) is 18.4. The average molecular weight is 283 g/mol. The Bertz CT molecular complexity index is 649. The van der Waals surface area contributed by atoms with Crippen LogP contribution in [0, 0.1) is 5.82 Å². The molecular formula is C12H8ClFN2O3. The third kappa shape index (κ3) is 2.48. The largest absolute Gasteiger partial charge is 0.492 e. The van der Waals surface area contributed by atoms with Crippen molar-refractivity contribution in [2.45, 2.75) is 0 Å². The van der Waals surface area contributed by atoms with Gasteiger partial charge in [-0.05, 0) is 18.2 Å². The molecule has 2 rings (SSSR count). The summed E-state index contributed by atoms with van der Waals surface area (Å²) in [7, 11) is 1.28. The highest BCUT2D eigenvalue weighted by Crippen LogP contribution is 2.33. The number of nitrogens with zero attached hydrogens (tertiary/aromatic N) is 2. The summed E-state index contributed by atoms with van der Waals surface area (Å²) < 4.78 is 19.0. The van der Waals surface area contributed by atoms with Crippen molar-refractivity contribution in [1.29, 1.82) is 0 Å². The lowest BCUT2D eigenvalue weighted by molar-refractivity contribution is 0.0690. The fourth-order valence-corrected chi connectivity index (χ4v) is 1.72. The Morgan fingerprint density at radius 2 is 2.16 bits per heavy atom. The minimum Gasteiger partial charge on any atom is -0.492 e. The molecule has 1 heterocycles. The van der Waals surface area contributed by atoms with E-state index < -0.39 is 11.8 Å². The number of benzene rings is 1. The van der Waals surface area contributed by atoms with Gasteiger partial charge < -0.3 is 9.84 Å². The zero-order valence-corrected chi connectivity index (χ0v) is 10.5. The van der Waals surface area contributed by atoms with E-state index in [0.717, 1.165) is 0 Å². The lowest BCUT2D eigenvalue weighted by Crippen LogP contribution is -2.03. The van der Waals surface area contributed by atoms with E-state index in [1.807, 2.05) is 0 Å². The number of carboxylic acid groups (broad SMARTS) is 1. The predicted octanol–water partition coefficient (Wildman–Crippen LogP) is 2.64. The topological polar surface area (TPSA) is 72.3 Å². The summed E-state index contributed by atoms with van der Waals surface area (Å²) in [6.45, 7) is 0. The summed E-state index contributed by atoms with van der Waals surface area (Å²) in [6, 6.07) is 4.01. The SMILES string of the molecule is COc1c(Cl)ccc(-c2nccc(C(=O)O)n2)c1F. The second-order valence-corrected chi connectivity index (χ2v) is 3.92. The smallest absolute Gasteiger partial charge is 0.354 e. The first kappa shape index (κ1) is 13.2. The van der Waals surface area contributed by atoms with Crippen LogP contribution in [-0.4, -0.2) is 28.2 Å². The minimum atomic E-state index is -1.22. The van der Waals surface area contributed by atoms with Crippen molar-refractivity contribution < 1.29 is 19.0 Å². The molecule has 0 atom stereocenters. The van der Waals surface area contributed by atoms with E-state index in [1.165, 1.54) is 31.5 Å². The van der Waals surface area contributed by atoms with Gasteiger partial charge in [0.15, 0.2) is 23.1 Å². The number of aromatic carboxylic acids is 1. The maximum atomic E-state index is 14.1. The molecule has 19 heavy (non-hydrogen) atoms. The summed E-state index contributed by atoms with van der Waals surface area (Å²) in [5.41, 5.74) is -0.206. The van der Waals surface area contributed by atoms with Crippen molar-refractivity contribution in [3.05, 3.63) is 40.9 Å². The van der Waals surface area contributed by atoms with Gasteiger partial charge in [-0.1, -0.05) is 11.6 Å². The minimum absolute atomic E-state index is 0.0179. The fraction of sp³-hybridized carbons (Fsp3) is 0.0833. The van der Waals surface area contributed by atoms with Crippen molar-refractivity contribution in [2.75, 3.05) is 7.11 Å². The molecule has 0 radical (unpaired) electrons. The highest BCUT2D eigenvalue weighted by molar-refractivity contribution is 6.32. The van der Waals surface area contributed by atoms with Crippen LogP contribution in [0.25, 0.3) is 11.4 Å². The van der Waals surface area contributed by atoms with Crippen molar-refractivity contribution in [1.82, 2.24) is 9.97 Å². The second-order valence-electron chi connectivity index (χ2n) is 3.51. The van der Waals surface area contributed by atoms with Crippen molar-refractivity contribution in [3.8, 4) is 17.1 Å². The number of methoxy groups -OCH3 is 1. The fourth-order valence-electron chi connectivity index (χ4n) is 1.50. The predicted molar refractivity (Wildman–Crippen MR) is 65.9 cm³/mol. The standard InChI is InChI=1S/C12H8ClFN2O3/c1-19-10-7(13)3-2-6(9(10)14)11-15-5-4-8(16-11)12(17)18/h2-5H,1H3,(H,17,18). The van der Waals surface area contributed by atoms with Crippen LogP contribution in [0.15, 0.2) is 24.4 Å². The molecule has 98 valence electrons. The summed E-state index contributed by atoms with van der Waals surface area (Å²) in [5.74, 6) is -2.14. The van der Waals surface area contributed by atoms with Crippen molar-refractivity contribution in [2.24, 2.45) is 0 Å². The van der Waals surface area contributed by atoms with Crippen LogP contribution < -0.4 is 4.74 Å². The number of hydrogen-bond acceptors (Lipinski definition) is 4. The third-order valence-electron chi connectivity index (χ3n) is 2.37. The van der Waals surface area contributed by atoms with Crippen LogP contribution in [0.5, 0.6) is 5.75 Å². The Morgan fingerprint density at radius 1 is 1.42 bits per heavy atom. The van der Waals surface area contributed by atoms with E-state index in [1.54, 1.807) is 0 Å². The molecule has 1 aromatic carbocycles.